The van der Waals surface area contributed by atoms with Gasteiger partial charge in [0.2, 0.25) is 0 Å². The molecule has 2 N–H and O–H groups in total. The zero-order valence-electron chi connectivity index (χ0n) is 12.0. The molecule has 0 bridgehead atoms. The Balaban J connectivity index is 2.06. The lowest BCUT2D eigenvalue weighted by Crippen LogP contribution is -2.28. The molecule has 0 atom stereocenters. The highest BCUT2D eigenvalue weighted by Crippen LogP contribution is 2.18. The Morgan fingerprint density at radius 3 is 3.00 bits per heavy atom. The number of aromatic nitrogens is 3. The molecule has 1 aromatic rings. The summed E-state index contributed by atoms with van der Waals surface area (Å²) < 4.78 is 7.87. The minimum absolute atomic E-state index is 0.0913. The van der Waals surface area contributed by atoms with Crippen LogP contribution in [0.3, 0.4) is 0 Å². The highest BCUT2D eigenvalue weighted by atomic mass is 32.1. The minimum atomic E-state index is -0.0913. The van der Waals surface area contributed by atoms with Gasteiger partial charge >= 0.3 is 0 Å². The van der Waals surface area contributed by atoms with E-state index in [-0.39, 0.29) is 11.9 Å². The Labute approximate surface area is 123 Å². The van der Waals surface area contributed by atoms with Crippen LogP contribution in [0.15, 0.2) is 11.3 Å². The molecule has 2 rings (SSSR count). The lowest BCUT2D eigenvalue weighted by atomic mass is 10.1. The van der Waals surface area contributed by atoms with Crippen LogP contribution < -0.4 is 5.32 Å². The van der Waals surface area contributed by atoms with Crippen molar-refractivity contribution in [3.05, 3.63) is 21.9 Å². The predicted octanol–water partition coefficient (Wildman–Crippen LogP) is 2.22. The number of H-pyrrole nitrogens is 1. The second-order valence-electron chi connectivity index (χ2n) is 5.08. The summed E-state index contributed by atoms with van der Waals surface area (Å²) in [6, 6.07) is 0.201. The third-order valence-corrected chi connectivity index (χ3v) is 3.58. The number of amides is 1. The van der Waals surface area contributed by atoms with Crippen LogP contribution in [0.1, 0.15) is 45.5 Å². The fraction of sp³-hybridized carbons (Fsp3) is 0.615. The van der Waals surface area contributed by atoms with Crippen LogP contribution in [0, 0.1) is 4.77 Å². The number of hydrogen-bond donors (Lipinski definition) is 2. The molecule has 0 saturated carbocycles. The van der Waals surface area contributed by atoms with Gasteiger partial charge < -0.3 is 14.6 Å². The fourth-order valence-electron chi connectivity index (χ4n) is 2.27. The van der Waals surface area contributed by atoms with Crippen molar-refractivity contribution in [2.45, 2.75) is 46.2 Å². The van der Waals surface area contributed by atoms with E-state index in [1.54, 1.807) is 0 Å². The molecule has 0 radical (unpaired) electrons. The van der Waals surface area contributed by atoms with Gasteiger partial charge in [-0.3, -0.25) is 9.89 Å². The van der Waals surface area contributed by atoms with E-state index < -0.39 is 0 Å². The second kappa shape index (κ2) is 6.21. The number of ether oxygens (including phenoxy) is 1. The van der Waals surface area contributed by atoms with E-state index in [1.807, 2.05) is 25.3 Å². The lowest BCUT2D eigenvalue weighted by molar-refractivity contribution is -0.118. The summed E-state index contributed by atoms with van der Waals surface area (Å²) in [5.74, 6) is 1.36. The van der Waals surface area contributed by atoms with Crippen molar-refractivity contribution in [3.63, 3.8) is 0 Å². The van der Waals surface area contributed by atoms with Crippen LogP contribution in [0.2, 0.25) is 0 Å². The fourth-order valence-corrected chi connectivity index (χ4v) is 2.63. The number of allylic oxidation sites excluding steroid dienone is 1. The normalized spacial score (nSPS) is 15.4. The quantitative estimate of drug-likeness (QED) is 0.836. The van der Waals surface area contributed by atoms with E-state index in [0.717, 1.165) is 30.0 Å². The van der Waals surface area contributed by atoms with Gasteiger partial charge in [0.15, 0.2) is 10.6 Å². The molecule has 0 fully saturated rings. The summed E-state index contributed by atoms with van der Waals surface area (Å²) in [6.45, 7) is 6.92. The van der Waals surface area contributed by atoms with Crippen LogP contribution in [-0.2, 0) is 16.1 Å². The second-order valence-corrected chi connectivity index (χ2v) is 5.46. The van der Waals surface area contributed by atoms with Gasteiger partial charge in [-0.15, -0.1) is 0 Å². The molecule has 0 saturated heterocycles. The number of carbonyl (C=O) groups is 1. The number of aromatic amines is 1. The Morgan fingerprint density at radius 2 is 2.35 bits per heavy atom. The molecule has 110 valence electrons. The Bertz CT molecular complexity index is 585. The molecule has 1 aromatic heterocycles. The molecule has 1 amide bonds. The summed E-state index contributed by atoms with van der Waals surface area (Å²) in [7, 11) is 0. The molecule has 0 aromatic carbocycles. The Hall–Kier alpha value is -1.63. The van der Waals surface area contributed by atoms with E-state index in [1.165, 1.54) is 0 Å². The van der Waals surface area contributed by atoms with Crippen molar-refractivity contribution >= 4 is 18.1 Å². The van der Waals surface area contributed by atoms with Crippen molar-refractivity contribution in [2.75, 3.05) is 6.61 Å². The minimum Gasteiger partial charge on any atom is -0.498 e. The van der Waals surface area contributed by atoms with E-state index in [9.17, 15) is 4.79 Å². The maximum absolute atomic E-state index is 12.1. The van der Waals surface area contributed by atoms with Gasteiger partial charge in [-0.2, -0.15) is 5.10 Å². The van der Waals surface area contributed by atoms with Crippen LogP contribution in [0.4, 0.5) is 0 Å². The molecule has 1 aliphatic rings. The van der Waals surface area contributed by atoms with Crippen molar-refractivity contribution < 1.29 is 9.53 Å². The third kappa shape index (κ3) is 3.09. The van der Waals surface area contributed by atoms with Crippen LogP contribution in [-0.4, -0.2) is 27.3 Å². The first-order valence-electron chi connectivity index (χ1n) is 6.77. The first-order chi connectivity index (χ1) is 9.50. The maximum Gasteiger partial charge on any atom is 0.250 e. The standard InChI is InChI=1S/C13H20N4O2S/c1-8(2)17-11(15-16-13(17)20)7-14-12(18)10-5-4-6-19-9(10)3/h8H,4-7H2,1-3H3,(H,14,18)(H,16,20). The summed E-state index contributed by atoms with van der Waals surface area (Å²) in [6.07, 6.45) is 1.64. The highest BCUT2D eigenvalue weighted by molar-refractivity contribution is 7.71. The zero-order valence-corrected chi connectivity index (χ0v) is 12.8. The molecule has 20 heavy (non-hydrogen) atoms. The van der Waals surface area contributed by atoms with Crippen LogP contribution >= 0.6 is 12.2 Å². The van der Waals surface area contributed by atoms with Gasteiger partial charge in [0.05, 0.1) is 18.7 Å². The summed E-state index contributed by atoms with van der Waals surface area (Å²) in [5.41, 5.74) is 0.724. The molecular weight excluding hydrogens is 276 g/mol. The van der Waals surface area contributed by atoms with Gasteiger partial charge in [-0.05, 0) is 45.8 Å². The monoisotopic (exact) mass is 296 g/mol. The van der Waals surface area contributed by atoms with Crippen LogP contribution in [0.5, 0.6) is 0 Å². The number of nitrogens with one attached hydrogen (secondary N) is 2. The van der Waals surface area contributed by atoms with Gasteiger partial charge in [-0.1, -0.05) is 0 Å². The molecule has 2 heterocycles. The highest BCUT2D eigenvalue weighted by Gasteiger charge is 2.18. The first kappa shape index (κ1) is 14.8. The Morgan fingerprint density at radius 1 is 1.60 bits per heavy atom. The van der Waals surface area contributed by atoms with Crippen molar-refractivity contribution in [1.29, 1.82) is 0 Å². The molecule has 0 unspecified atom stereocenters. The molecule has 0 spiro atoms. The summed E-state index contributed by atoms with van der Waals surface area (Å²) in [4.78, 5) is 12.1. The zero-order chi connectivity index (χ0) is 14.7. The van der Waals surface area contributed by atoms with Gasteiger partial charge in [0.1, 0.15) is 5.76 Å². The van der Waals surface area contributed by atoms with Gasteiger partial charge in [-0.25, -0.2) is 0 Å². The molecule has 1 aliphatic heterocycles. The first-order valence-corrected chi connectivity index (χ1v) is 7.18. The van der Waals surface area contributed by atoms with E-state index >= 15 is 0 Å². The molecule has 0 aliphatic carbocycles. The number of nitrogens with zero attached hydrogens (tertiary/aromatic N) is 2. The largest absolute Gasteiger partial charge is 0.498 e. The average molecular weight is 296 g/mol. The number of carbonyl (C=O) groups excluding carboxylic acids is 1. The van der Waals surface area contributed by atoms with Gasteiger partial charge in [0.25, 0.3) is 5.91 Å². The summed E-state index contributed by atoms with van der Waals surface area (Å²) >= 11 is 5.18. The van der Waals surface area contributed by atoms with E-state index in [2.05, 4.69) is 15.5 Å². The topological polar surface area (TPSA) is 71.9 Å². The molecule has 6 nitrogen and oxygen atoms in total. The SMILES string of the molecule is CC1=C(C(=O)NCc2n[nH]c(=S)n2C(C)C)CCCO1. The van der Waals surface area contributed by atoms with Gasteiger partial charge in [0, 0.05) is 6.04 Å². The van der Waals surface area contributed by atoms with Crippen molar-refractivity contribution in [2.24, 2.45) is 0 Å². The van der Waals surface area contributed by atoms with E-state index in [0.29, 0.717) is 17.9 Å². The molecule has 7 heteroatoms. The third-order valence-electron chi connectivity index (χ3n) is 3.29. The smallest absolute Gasteiger partial charge is 0.250 e. The van der Waals surface area contributed by atoms with Crippen molar-refractivity contribution in [1.82, 2.24) is 20.1 Å². The number of hydrogen-bond acceptors (Lipinski definition) is 4. The molecular formula is C13H20N4O2S. The summed E-state index contributed by atoms with van der Waals surface area (Å²) in [5, 5.41) is 9.80. The van der Waals surface area contributed by atoms with E-state index in [4.69, 9.17) is 17.0 Å². The lowest BCUT2D eigenvalue weighted by Gasteiger charge is -2.18. The average Bonchev–Trinajstić information content (AvgIpc) is 2.78. The predicted molar refractivity (Wildman–Crippen MR) is 77.5 cm³/mol. The van der Waals surface area contributed by atoms with Crippen LogP contribution in [0.25, 0.3) is 0 Å². The van der Waals surface area contributed by atoms with Crippen molar-refractivity contribution in [3.8, 4) is 0 Å². The number of rotatable bonds is 4. The Kier molecular flexibility index (Phi) is 4.59. The maximum atomic E-state index is 12.1.